The van der Waals surface area contributed by atoms with Crippen molar-refractivity contribution in [3.8, 4) is 0 Å². The van der Waals surface area contributed by atoms with Crippen LogP contribution in [0.1, 0.15) is 31.7 Å². The van der Waals surface area contributed by atoms with Gasteiger partial charge >= 0.3 is 0 Å². The molecule has 2 aliphatic rings. The van der Waals surface area contributed by atoms with Crippen molar-refractivity contribution in [3.63, 3.8) is 0 Å². The van der Waals surface area contributed by atoms with Crippen LogP contribution in [0.15, 0.2) is 18.2 Å². The van der Waals surface area contributed by atoms with E-state index in [1.165, 1.54) is 25.3 Å². The molecular formula is C16H21ClFN. The number of fused-ring (bicyclic) bond motifs is 1. The first-order valence-corrected chi connectivity index (χ1v) is 7.75. The number of benzene rings is 1. The highest BCUT2D eigenvalue weighted by molar-refractivity contribution is 6.30. The van der Waals surface area contributed by atoms with E-state index >= 15 is 0 Å². The minimum Gasteiger partial charge on any atom is -0.314 e. The molecule has 0 aliphatic heterocycles. The summed E-state index contributed by atoms with van der Waals surface area (Å²) in [7, 11) is 0. The first-order chi connectivity index (χ1) is 9.20. The molecule has 2 aliphatic carbocycles. The summed E-state index contributed by atoms with van der Waals surface area (Å²) < 4.78 is 13.9. The monoisotopic (exact) mass is 281 g/mol. The zero-order valence-corrected chi connectivity index (χ0v) is 12.1. The Balaban J connectivity index is 1.71. The summed E-state index contributed by atoms with van der Waals surface area (Å²) in [6.07, 6.45) is 4.93. The fourth-order valence-electron chi connectivity index (χ4n) is 4.00. The molecule has 2 saturated carbocycles. The van der Waals surface area contributed by atoms with E-state index in [1.807, 2.05) is 6.07 Å². The van der Waals surface area contributed by atoms with Crippen LogP contribution in [-0.4, -0.2) is 12.6 Å². The summed E-state index contributed by atoms with van der Waals surface area (Å²) in [5.41, 5.74) is 0.792. The zero-order valence-electron chi connectivity index (χ0n) is 11.3. The van der Waals surface area contributed by atoms with E-state index in [2.05, 4.69) is 12.2 Å². The summed E-state index contributed by atoms with van der Waals surface area (Å²) in [5, 5.41) is 4.04. The highest BCUT2D eigenvalue weighted by Gasteiger charge is 2.55. The number of hydrogen-bond donors (Lipinski definition) is 1. The lowest BCUT2D eigenvalue weighted by Gasteiger charge is -2.20. The highest BCUT2D eigenvalue weighted by atomic mass is 35.5. The Labute approximate surface area is 119 Å². The van der Waals surface area contributed by atoms with Gasteiger partial charge in [0.2, 0.25) is 0 Å². The van der Waals surface area contributed by atoms with Crippen LogP contribution in [-0.2, 0) is 6.42 Å². The molecule has 0 bridgehead atoms. The summed E-state index contributed by atoms with van der Waals surface area (Å²) in [6.45, 7) is 3.08. The van der Waals surface area contributed by atoms with Gasteiger partial charge in [0, 0.05) is 11.1 Å². The lowest BCUT2D eigenvalue weighted by atomic mass is 9.97. The fourth-order valence-corrected chi connectivity index (χ4v) is 4.16. The molecule has 0 spiro atoms. The quantitative estimate of drug-likeness (QED) is 0.859. The Morgan fingerprint density at radius 3 is 2.74 bits per heavy atom. The Kier molecular flexibility index (Phi) is 3.81. The van der Waals surface area contributed by atoms with Gasteiger partial charge in [-0.1, -0.05) is 31.0 Å². The average Bonchev–Trinajstić information content (AvgIpc) is 2.85. The van der Waals surface area contributed by atoms with E-state index in [0.29, 0.717) is 11.1 Å². The largest absolute Gasteiger partial charge is 0.314 e. The van der Waals surface area contributed by atoms with Crippen LogP contribution in [0.3, 0.4) is 0 Å². The Hall–Kier alpha value is -0.600. The molecule has 1 aromatic carbocycles. The Morgan fingerprint density at radius 1 is 1.37 bits per heavy atom. The van der Waals surface area contributed by atoms with E-state index in [9.17, 15) is 4.39 Å². The van der Waals surface area contributed by atoms with Crippen LogP contribution in [0, 0.1) is 23.6 Å². The second kappa shape index (κ2) is 5.41. The molecule has 1 N–H and O–H groups in total. The van der Waals surface area contributed by atoms with Crippen molar-refractivity contribution in [2.24, 2.45) is 17.8 Å². The van der Waals surface area contributed by atoms with Gasteiger partial charge in [0.1, 0.15) is 5.82 Å². The summed E-state index contributed by atoms with van der Waals surface area (Å²) >= 11 is 5.81. The predicted octanol–water partition coefficient (Wildman–Crippen LogP) is 4.05. The van der Waals surface area contributed by atoms with Gasteiger partial charge in [0.25, 0.3) is 0 Å². The second-order valence-corrected chi connectivity index (χ2v) is 6.38. The van der Waals surface area contributed by atoms with Gasteiger partial charge in [-0.3, -0.25) is 0 Å². The summed E-state index contributed by atoms with van der Waals surface area (Å²) in [5.74, 6) is 2.41. The number of hydrogen-bond acceptors (Lipinski definition) is 1. The van der Waals surface area contributed by atoms with Gasteiger partial charge < -0.3 is 5.32 Å². The van der Waals surface area contributed by atoms with Crippen LogP contribution in [0.5, 0.6) is 0 Å². The number of likely N-dealkylation sites (N-methyl/N-ethyl adjacent to an activating group) is 1. The third-order valence-corrected chi connectivity index (χ3v) is 5.09. The maximum atomic E-state index is 13.9. The number of nitrogens with one attached hydrogen (secondary N) is 1. The van der Waals surface area contributed by atoms with Crippen LogP contribution in [0.25, 0.3) is 0 Å². The molecule has 0 radical (unpaired) electrons. The third-order valence-electron chi connectivity index (χ3n) is 4.86. The number of rotatable bonds is 5. The maximum absolute atomic E-state index is 13.9. The topological polar surface area (TPSA) is 12.0 Å². The van der Waals surface area contributed by atoms with Crippen molar-refractivity contribution in [2.75, 3.05) is 6.54 Å². The smallest absolute Gasteiger partial charge is 0.127 e. The second-order valence-electron chi connectivity index (χ2n) is 5.94. The van der Waals surface area contributed by atoms with E-state index in [0.717, 1.165) is 36.3 Å². The first kappa shape index (κ1) is 13.4. The van der Waals surface area contributed by atoms with Crippen molar-refractivity contribution in [1.29, 1.82) is 0 Å². The van der Waals surface area contributed by atoms with Gasteiger partial charge in [-0.2, -0.15) is 0 Å². The molecule has 2 fully saturated rings. The standard InChI is InChI=1S/C16H21ClFN/c1-2-19-15(16-12-4-3-5-13(12)16)8-10-6-7-11(17)9-14(10)18/h6-7,9,12-13,15-16,19H,2-5,8H2,1H3. The van der Waals surface area contributed by atoms with Gasteiger partial charge in [-0.15, -0.1) is 0 Å². The molecular weight excluding hydrogens is 261 g/mol. The van der Waals surface area contributed by atoms with Gasteiger partial charge in [0.05, 0.1) is 0 Å². The molecule has 3 heteroatoms. The van der Waals surface area contributed by atoms with Gasteiger partial charge in [-0.25, -0.2) is 4.39 Å². The molecule has 0 saturated heterocycles. The van der Waals surface area contributed by atoms with Crippen molar-refractivity contribution in [2.45, 2.75) is 38.6 Å². The molecule has 3 atom stereocenters. The average molecular weight is 282 g/mol. The molecule has 1 aromatic rings. The lowest BCUT2D eigenvalue weighted by molar-refractivity contribution is 0.406. The molecule has 3 unspecified atom stereocenters. The van der Waals surface area contributed by atoms with E-state index in [1.54, 1.807) is 6.07 Å². The van der Waals surface area contributed by atoms with E-state index in [4.69, 9.17) is 11.6 Å². The Bertz CT molecular complexity index is 452. The summed E-state index contributed by atoms with van der Waals surface area (Å²) in [4.78, 5) is 0. The fraction of sp³-hybridized carbons (Fsp3) is 0.625. The van der Waals surface area contributed by atoms with Crippen LogP contribution in [0.4, 0.5) is 4.39 Å². The lowest BCUT2D eigenvalue weighted by Crippen LogP contribution is -2.34. The minimum atomic E-state index is -0.166. The van der Waals surface area contributed by atoms with Crippen molar-refractivity contribution < 1.29 is 4.39 Å². The molecule has 0 aromatic heterocycles. The Morgan fingerprint density at radius 2 is 2.11 bits per heavy atom. The van der Waals surface area contributed by atoms with Crippen molar-refractivity contribution in [1.82, 2.24) is 5.32 Å². The first-order valence-electron chi connectivity index (χ1n) is 7.38. The summed E-state index contributed by atoms with van der Waals surface area (Å²) in [6, 6.07) is 5.47. The van der Waals surface area contributed by atoms with Gasteiger partial charge in [-0.05, 0) is 61.3 Å². The molecule has 104 valence electrons. The SMILES string of the molecule is CCNC(Cc1ccc(Cl)cc1F)C1C2CCCC21. The zero-order chi connectivity index (χ0) is 13.4. The van der Waals surface area contributed by atoms with Crippen molar-refractivity contribution >= 4 is 11.6 Å². The van der Waals surface area contributed by atoms with Gasteiger partial charge in [0.15, 0.2) is 0 Å². The van der Waals surface area contributed by atoms with E-state index < -0.39 is 0 Å². The van der Waals surface area contributed by atoms with Crippen LogP contribution < -0.4 is 5.32 Å². The predicted molar refractivity (Wildman–Crippen MR) is 76.9 cm³/mol. The van der Waals surface area contributed by atoms with E-state index in [-0.39, 0.29) is 5.82 Å². The van der Waals surface area contributed by atoms with Crippen molar-refractivity contribution in [3.05, 3.63) is 34.6 Å². The number of halogens is 2. The minimum absolute atomic E-state index is 0.166. The molecule has 19 heavy (non-hydrogen) atoms. The molecule has 0 amide bonds. The third kappa shape index (κ3) is 2.66. The van der Waals surface area contributed by atoms with Crippen LogP contribution >= 0.6 is 11.6 Å². The highest BCUT2D eigenvalue weighted by Crippen LogP contribution is 2.59. The molecule has 0 heterocycles. The maximum Gasteiger partial charge on any atom is 0.127 e. The normalized spacial score (nSPS) is 30.2. The molecule has 3 rings (SSSR count). The van der Waals surface area contributed by atoms with Crippen LogP contribution in [0.2, 0.25) is 5.02 Å². The molecule has 1 nitrogen and oxygen atoms in total.